The van der Waals surface area contributed by atoms with Crippen molar-refractivity contribution in [2.24, 2.45) is 22.9 Å². The second-order valence-corrected chi connectivity index (χ2v) is 5.61. The lowest BCUT2D eigenvalue weighted by Crippen LogP contribution is -2.20. The van der Waals surface area contributed by atoms with Crippen molar-refractivity contribution in [1.82, 2.24) is 5.43 Å². The predicted octanol–water partition coefficient (Wildman–Crippen LogP) is 2.44. The van der Waals surface area contributed by atoms with E-state index in [-0.39, 0.29) is 11.8 Å². The fourth-order valence-electron chi connectivity index (χ4n) is 3.27. The molecule has 2 aliphatic carbocycles. The van der Waals surface area contributed by atoms with Gasteiger partial charge in [-0.3, -0.25) is 4.79 Å². The van der Waals surface area contributed by atoms with Gasteiger partial charge in [0.05, 0.1) is 17.8 Å². The molecule has 0 radical (unpaired) electrons. The number of carbonyl (C=O) groups excluding carboxylic acids is 1. The number of nitrogens with zero attached hydrogens (tertiary/aromatic N) is 2. The molecule has 1 amide bonds. The molecule has 1 aromatic rings. The van der Waals surface area contributed by atoms with E-state index in [2.05, 4.69) is 16.6 Å². The van der Waals surface area contributed by atoms with Gasteiger partial charge in [-0.1, -0.05) is 25.0 Å². The second-order valence-electron chi connectivity index (χ2n) is 5.61. The normalized spacial score (nSPS) is 27.6. The van der Waals surface area contributed by atoms with Gasteiger partial charge in [0.15, 0.2) is 0 Å². The highest BCUT2D eigenvalue weighted by molar-refractivity contribution is 5.85. The van der Waals surface area contributed by atoms with Crippen LogP contribution in [-0.2, 0) is 4.79 Å². The highest BCUT2D eigenvalue weighted by atomic mass is 16.2. The van der Waals surface area contributed by atoms with Crippen molar-refractivity contribution in [2.75, 3.05) is 0 Å². The van der Waals surface area contributed by atoms with Crippen LogP contribution in [0.5, 0.6) is 0 Å². The maximum atomic E-state index is 12.0. The largest absolute Gasteiger partial charge is 0.273 e. The van der Waals surface area contributed by atoms with E-state index in [1.807, 2.05) is 12.1 Å². The van der Waals surface area contributed by atoms with Gasteiger partial charge in [0, 0.05) is 5.92 Å². The SMILES string of the molecule is N#Cc1ccc(/C=N\NC(=O)C2[C@@H]3CCCC[C@@H]23)cc1. The summed E-state index contributed by atoms with van der Waals surface area (Å²) in [5.74, 6) is 1.46. The third-order valence-corrected chi connectivity index (χ3v) is 4.39. The summed E-state index contributed by atoms with van der Waals surface area (Å²) in [5.41, 5.74) is 4.14. The van der Waals surface area contributed by atoms with Crippen LogP contribution >= 0.6 is 0 Å². The molecule has 0 aliphatic heterocycles. The molecule has 0 unspecified atom stereocenters. The smallest absolute Gasteiger partial charge is 0.243 e. The van der Waals surface area contributed by atoms with Crippen molar-refractivity contribution >= 4 is 12.1 Å². The van der Waals surface area contributed by atoms with Crippen molar-refractivity contribution in [3.05, 3.63) is 35.4 Å². The fourth-order valence-corrected chi connectivity index (χ4v) is 3.27. The van der Waals surface area contributed by atoms with E-state index in [9.17, 15) is 4.79 Å². The van der Waals surface area contributed by atoms with E-state index in [0.29, 0.717) is 17.4 Å². The molecule has 102 valence electrons. The minimum atomic E-state index is 0.0618. The number of hydrazone groups is 1. The van der Waals surface area contributed by atoms with Crippen LogP contribution in [0, 0.1) is 29.1 Å². The molecule has 0 saturated heterocycles. The predicted molar refractivity (Wildman–Crippen MR) is 75.8 cm³/mol. The first-order chi connectivity index (χ1) is 9.79. The van der Waals surface area contributed by atoms with Crippen LogP contribution in [0.3, 0.4) is 0 Å². The Labute approximate surface area is 118 Å². The molecule has 1 aromatic carbocycles. The zero-order chi connectivity index (χ0) is 13.9. The van der Waals surface area contributed by atoms with Crippen LogP contribution in [0.1, 0.15) is 36.8 Å². The minimum absolute atomic E-state index is 0.0618. The molecule has 3 rings (SSSR count). The van der Waals surface area contributed by atoms with Crippen LogP contribution in [0.2, 0.25) is 0 Å². The average Bonchev–Trinajstić information content (AvgIpc) is 3.22. The summed E-state index contributed by atoms with van der Waals surface area (Å²) in [5, 5.41) is 12.7. The van der Waals surface area contributed by atoms with Gasteiger partial charge < -0.3 is 0 Å². The molecule has 2 aliphatic rings. The Hall–Kier alpha value is -2.15. The molecule has 0 heterocycles. The lowest BCUT2D eigenvalue weighted by atomic mass is 10.0. The monoisotopic (exact) mass is 267 g/mol. The van der Waals surface area contributed by atoms with Gasteiger partial charge in [-0.15, -0.1) is 0 Å². The zero-order valence-corrected chi connectivity index (χ0v) is 11.2. The summed E-state index contributed by atoms with van der Waals surface area (Å²) in [6.07, 6.45) is 6.54. The van der Waals surface area contributed by atoms with E-state index < -0.39 is 0 Å². The van der Waals surface area contributed by atoms with Crippen LogP contribution in [0.25, 0.3) is 0 Å². The molecule has 0 spiro atoms. The average molecular weight is 267 g/mol. The number of hydrogen-bond donors (Lipinski definition) is 1. The number of fused-ring (bicyclic) bond motifs is 1. The van der Waals surface area contributed by atoms with Crippen molar-refractivity contribution in [3.8, 4) is 6.07 Å². The second kappa shape index (κ2) is 5.46. The molecule has 0 bridgehead atoms. The van der Waals surface area contributed by atoms with Gasteiger partial charge in [-0.25, -0.2) is 5.43 Å². The number of nitrogens with one attached hydrogen (secondary N) is 1. The highest BCUT2D eigenvalue weighted by Crippen LogP contribution is 2.55. The molecule has 4 nitrogen and oxygen atoms in total. The molecule has 4 heteroatoms. The van der Waals surface area contributed by atoms with E-state index in [4.69, 9.17) is 5.26 Å². The number of carbonyl (C=O) groups is 1. The first kappa shape index (κ1) is 12.9. The molecule has 2 atom stereocenters. The first-order valence-electron chi connectivity index (χ1n) is 7.12. The Kier molecular flexibility index (Phi) is 3.51. The van der Waals surface area contributed by atoms with Crippen molar-refractivity contribution < 1.29 is 4.79 Å². The van der Waals surface area contributed by atoms with Crippen LogP contribution in [0.4, 0.5) is 0 Å². The molecule has 20 heavy (non-hydrogen) atoms. The summed E-state index contributed by atoms with van der Waals surface area (Å²) in [7, 11) is 0. The standard InChI is InChI=1S/C16H17N3O/c17-9-11-5-7-12(8-6-11)10-18-19-16(20)15-13-3-1-2-4-14(13)15/h5-8,10,13-15H,1-4H2,(H,19,20)/b18-10-/t13-,14-/m1/s1. The lowest BCUT2D eigenvalue weighted by Gasteiger charge is -2.04. The topological polar surface area (TPSA) is 65.2 Å². The minimum Gasteiger partial charge on any atom is -0.273 e. The quantitative estimate of drug-likeness (QED) is 0.675. The third kappa shape index (κ3) is 2.57. The Bertz CT molecular complexity index is 558. The molecule has 1 N–H and O–H groups in total. The van der Waals surface area contributed by atoms with Gasteiger partial charge in [0.1, 0.15) is 0 Å². The van der Waals surface area contributed by atoms with Gasteiger partial charge in [-0.05, 0) is 42.4 Å². The number of nitriles is 1. The molecular formula is C16H17N3O. The summed E-state index contributed by atoms with van der Waals surface area (Å²) in [4.78, 5) is 12.0. The van der Waals surface area contributed by atoms with Crippen molar-refractivity contribution in [2.45, 2.75) is 25.7 Å². The van der Waals surface area contributed by atoms with E-state index in [0.717, 1.165) is 5.56 Å². The van der Waals surface area contributed by atoms with Crippen LogP contribution < -0.4 is 5.43 Å². The Morgan fingerprint density at radius 3 is 2.50 bits per heavy atom. The Morgan fingerprint density at radius 2 is 1.90 bits per heavy atom. The van der Waals surface area contributed by atoms with Gasteiger partial charge in [-0.2, -0.15) is 10.4 Å². The van der Waals surface area contributed by atoms with Crippen LogP contribution in [-0.4, -0.2) is 12.1 Å². The molecule has 2 saturated carbocycles. The Morgan fingerprint density at radius 1 is 1.25 bits per heavy atom. The number of hydrogen-bond acceptors (Lipinski definition) is 3. The first-order valence-corrected chi connectivity index (χ1v) is 7.12. The van der Waals surface area contributed by atoms with Gasteiger partial charge in [0.2, 0.25) is 5.91 Å². The number of benzene rings is 1. The summed E-state index contributed by atoms with van der Waals surface area (Å²) in [6.45, 7) is 0. The van der Waals surface area contributed by atoms with Gasteiger partial charge >= 0.3 is 0 Å². The van der Waals surface area contributed by atoms with Crippen molar-refractivity contribution in [1.29, 1.82) is 5.26 Å². The molecule has 0 aromatic heterocycles. The van der Waals surface area contributed by atoms with Crippen molar-refractivity contribution in [3.63, 3.8) is 0 Å². The van der Waals surface area contributed by atoms with E-state index >= 15 is 0 Å². The van der Waals surface area contributed by atoms with E-state index in [1.165, 1.54) is 25.7 Å². The maximum absolute atomic E-state index is 12.0. The van der Waals surface area contributed by atoms with E-state index in [1.54, 1.807) is 18.3 Å². The fraction of sp³-hybridized carbons (Fsp3) is 0.438. The van der Waals surface area contributed by atoms with Crippen LogP contribution in [0.15, 0.2) is 29.4 Å². The lowest BCUT2D eigenvalue weighted by molar-refractivity contribution is -0.122. The Balaban J connectivity index is 1.52. The highest BCUT2D eigenvalue weighted by Gasteiger charge is 2.54. The molecular weight excluding hydrogens is 250 g/mol. The molecule has 2 fully saturated rings. The number of rotatable bonds is 3. The summed E-state index contributed by atoms with van der Waals surface area (Å²) >= 11 is 0. The maximum Gasteiger partial charge on any atom is 0.243 e. The third-order valence-electron chi connectivity index (χ3n) is 4.39. The summed E-state index contributed by atoms with van der Waals surface area (Å²) < 4.78 is 0. The zero-order valence-electron chi connectivity index (χ0n) is 11.2. The van der Waals surface area contributed by atoms with Gasteiger partial charge in [0.25, 0.3) is 0 Å². The number of amides is 1. The summed E-state index contributed by atoms with van der Waals surface area (Å²) in [6, 6.07) is 9.16.